The van der Waals surface area contributed by atoms with Crippen molar-refractivity contribution in [3.63, 3.8) is 0 Å². The Bertz CT molecular complexity index is 879. The molecule has 0 bridgehead atoms. The minimum Gasteiger partial charge on any atom is -0.496 e. The fourth-order valence-corrected chi connectivity index (χ4v) is 3.76. The van der Waals surface area contributed by atoms with E-state index in [2.05, 4.69) is 27.8 Å². The van der Waals surface area contributed by atoms with Gasteiger partial charge in [0.05, 0.1) is 11.6 Å². The molecule has 3 rings (SSSR count). The average Bonchev–Trinajstić information content (AvgIpc) is 2.67. The molecule has 0 aromatic heterocycles. The van der Waals surface area contributed by atoms with Crippen LogP contribution in [0.5, 0.6) is 5.75 Å². The van der Waals surface area contributed by atoms with Crippen LogP contribution in [0.25, 0.3) is 0 Å². The van der Waals surface area contributed by atoms with Crippen LogP contribution in [0.15, 0.2) is 53.5 Å². The number of anilines is 2. The molecule has 0 saturated carbocycles. The van der Waals surface area contributed by atoms with Gasteiger partial charge in [-0.15, -0.1) is 0 Å². The standard InChI is InChI=1S/C20H19BrN2O3/c1-3-18(24)22-14-7-4-6-13(12-14)20(25)23-11-5-8-15-16(23)9-10-17(26-2)19(15)21/h3-4,6-7,9-10,12H,1,5,8,11H2,2H3,(H,22,24). The molecule has 1 aliphatic rings. The Morgan fingerprint density at radius 3 is 2.85 bits per heavy atom. The van der Waals surface area contributed by atoms with Gasteiger partial charge in [0.2, 0.25) is 5.91 Å². The highest BCUT2D eigenvalue weighted by Gasteiger charge is 2.26. The SMILES string of the molecule is C=CC(=O)Nc1cccc(C(=O)N2CCCc3c2ccc(OC)c3Br)c1. The monoisotopic (exact) mass is 414 g/mol. The lowest BCUT2D eigenvalue weighted by atomic mass is 10.00. The second-order valence-corrected chi connectivity index (χ2v) is 6.71. The molecule has 0 unspecified atom stereocenters. The maximum atomic E-state index is 13.1. The van der Waals surface area contributed by atoms with E-state index < -0.39 is 0 Å². The third kappa shape index (κ3) is 3.51. The Morgan fingerprint density at radius 2 is 2.12 bits per heavy atom. The highest BCUT2D eigenvalue weighted by molar-refractivity contribution is 9.10. The normalized spacial score (nSPS) is 12.9. The van der Waals surface area contributed by atoms with Crippen LogP contribution in [0.1, 0.15) is 22.3 Å². The lowest BCUT2D eigenvalue weighted by Gasteiger charge is -2.31. The molecule has 2 amide bonds. The lowest BCUT2D eigenvalue weighted by Crippen LogP contribution is -2.35. The number of fused-ring (bicyclic) bond motifs is 1. The van der Waals surface area contributed by atoms with Crippen LogP contribution in [0, 0.1) is 0 Å². The van der Waals surface area contributed by atoms with Crippen LogP contribution in [0.4, 0.5) is 11.4 Å². The van der Waals surface area contributed by atoms with Gasteiger partial charge >= 0.3 is 0 Å². The summed E-state index contributed by atoms with van der Waals surface area (Å²) in [5.74, 6) is 0.346. The Labute approximate surface area is 160 Å². The van der Waals surface area contributed by atoms with Crippen LogP contribution in [0.2, 0.25) is 0 Å². The zero-order valence-corrected chi connectivity index (χ0v) is 16.0. The van der Waals surface area contributed by atoms with Crippen LogP contribution >= 0.6 is 15.9 Å². The topological polar surface area (TPSA) is 58.6 Å². The summed E-state index contributed by atoms with van der Waals surface area (Å²) >= 11 is 3.59. The number of hydrogen-bond donors (Lipinski definition) is 1. The summed E-state index contributed by atoms with van der Waals surface area (Å²) in [5.41, 5.74) is 3.04. The molecular weight excluding hydrogens is 396 g/mol. The first-order valence-corrected chi connectivity index (χ1v) is 9.05. The number of benzene rings is 2. The van der Waals surface area contributed by atoms with Gasteiger partial charge in [0.25, 0.3) is 5.91 Å². The second kappa shape index (κ2) is 7.74. The average molecular weight is 415 g/mol. The molecule has 1 aliphatic heterocycles. The van der Waals surface area contributed by atoms with Crippen molar-refractivity contribution in [3.05, 3.63) is 64.7 Å². The third-order valence-corrected chi connectivity index (χ3v) is 5.18. The van der Waals surface area contributed by atoms with Gasteiger partial charge < -0.3 is 15.0 Å². The molecule has 5 nitrogen and oxygen atoms in total. The molecule has 26 heavy (non-hydrogen) atoms. The number of amides is 2. The van der Waals surface area contributed by atoms with E-state index in [1.807, 2.05) is 12.1 Å². The molecule has 2 aromatic carbocycles. The summed E-state index contributed by atoms with van der Waals surface area (Å²) in [4.78, 5) is 26.3. The first kappa shape index (κ1) is 18.2. The van der Waals surface area contributed by atoms with Crippen molar-refractivity contribution in [1.29, 1.82) is 0 Å². The van der Waals surface area contributed by atoms with Gasteiger partial charge in [-0.05, 0) is 70.7 Å². The zero-order chi connectivity index (χ0) is 18.7. The highest BCUT2D eigenvalue weighted by atomic mass is 79.9. The van der Waals surface area contributed by atoms with Gasteiger partial charge in [0, 0.05) is 23.5 Å². The van der Waals surface area contributed by atoms with E-state index in [9.17, 15) is 9.59 Å². The number of carbonyl (C=O) groups is 2. The minimum atomic E-state index is -0.311. The van der Waals surface area contributed by atoms with E-state index >= 15 is 0 Å². The predicted molar refractivity (Wildman–Crippen MR) is 106 cm³/mol. The van der Waals surface area contributed by atoms with E-state index in [4.69, 9.17) is 4.74 Å². The van der Waals surface area contributed by atoms with E-state index in [0.29, 0.717) is 17.8 Å². The third-order valence-electron chi connectivity index (χ3n) is 4.31. The number of ether oxygens (including phenoxy) is 1. The lowest BCUT2D eigenvalue weighted by molar-refractivity contribution is -0.111. The van der Waals surface area contributed by atoms with E-state index in [1.54, 1.807) is 36.3 Å². The molecular formula is C20H19BrN2O3. The number of hydrogen-bond acceptors (Lipinski definition) is 3. The Kier molecular flexibility index (Phi) is 5.42. The van der Waals surface area contributed by atoms with Crippen LogP contribution in [-0.2, 0) is 11.2 Å². The Morgan fingerprint density at radius 1 is 1.31 bits per heavy atom. The number of nitrogens with zero attached hydrogens (tertiary/aromatic N) is 1. The highest BCUT2D eigenvalue weighted by Crippen LogP contribution is 2.39. The summed E-state index contributed by atoms with van der Waals surface area (Å²) in [6, 6.07) is 10.7. The van der Waals surface area contributed by atoms with Gasteiger partial charge in [-0.2, -0.15) is 0 Å². The molecule has 0 atom stereocenters. The maximum absolute atomic E-state index is 13.1. The minimum absolute atomic E-state index is 0.0993. The van der Waals surface area contributed by atoms with Crippen molar-refractivity contribution >= 4 is 39.1 Å². The van der Waals surface area contributed by atoms with Crippen LogP contribution < -0.4 is 15.0 Å². The van der Waals surface area contributed by atoms with Gasteiger partial charge in [0.1, 0.15) is 5.75 Å². The molecule has 0 spiro atoms. The number of rotatable bonds is 4. The molecule has 0 fully saturated rings. The van der Waals surface area contributed by atoms with Crippen molar-refractivity contribution in [3.8, 4) is 5.75 Å². The van der Waals surface area contributed by atoms with E-state index in [-0.39, 0.29) is 11.8 Å². The van der Waals surface area contributed by atoms with Crippen molar-refractivity contribution in [2.24, 2.45) is 0 Å². The molecule has 6 heteroatoms. The quantitative estimate of drug-likeness (QED) is 0.763. The van der Waals surface area contributed by atoms with Crippen molar-refractivity contribution < 1.29 is 14.3 Å². The summed E-state index contributed by atoms with van der Waals surface area (Å²) in [6.45, 7) is 4.08. The fraction of sp³-hybridized carbons (Fsp3) is 0.200. The molecule has 1 N–H and O–H groups in total. The summed E-state index contributed by atoms with van der Waals surface area (Å²) in [5, 5.41) is 2.68. The zero-order valence-electron chi connectivity index (χ0n) is 14.4. The van der Waals surface area contributed by atoms with Crippen molar-refractivity contribution in [2.75, 3.05) is 23.9 Å². The molecule has 0 saturated heterocycles. The number of nitrogens with one attached hydrogen (secondary N) is 1. The van der Waals surface area contributed by atoms with Gasteiger partial charge in [0.15, 0.2) is 0 Å². The van der Waals surface area contributed by atoms with Gasteiger partial charge in [-0.1, -0.05) is 12.6 Å². The van der Waals surface area contributed by atoms with Gasteiger partial charge in [-0.3, -0.25) is 9.59 Å². The largest absolute Gasteiger partial charge is 0.496 e. The summed E-state index contributed by atoms with van der Waals surface area (Å²) in [7, 11) is 1.63. The predicted octanol–water partition coefficient (Wildman–Crippen LogP) is 4.18. The number of halogens is 1. The fourth-order valence-electron chi connectivity index (χ4n) is 3.06. The van der Waals surface area contributed by atoms with E-state index in [1.165, 1.54) is 6.08 Å². The molecule has 0 radical (unpaired) electrons. The first-order valence-electron chi connectivity index (χ1n) is 8.26. The number of carbonyl (C=O) groups excluding carboxylic acids is 2. The van der Waals surface area contributed by atoms with Crippen LogP contribution in [0.3, 0.4) is 0 Å². The smallest absolute Gasteiger partial charge is 0.258 e. The Hall–Kier alpha value is -2.60. The first-order chi connectivity index (χ1) is 12.5. The van der Waals surface area contributed by atoms with Crippen molar-refractivity contribution in [1.82, 2.24) is 0 Å². The van der Waals surface area contributed by atoms with Crippen molar-refractivity contribution in [2.45, 2.75) is 12.8 Å². The molecule has 1 heterocycles. The molecule has 134 valence electrons. The molecule has 2 aromatic rings. The Balaban J connectivity index is 1.93. The second-order valence-electron chi connectivity index (χ2n) is 5.91. The van der Waals surface area contributed by atoms with E-state index in [0.717, 1.165) is 34.3 Å². The molecule has 0 aliphatic carbocycles. The van der Waals surface area contributed by atoms with Gasteiger partial charge in [-0.25, -0.2) is 0 Å². The van der Waals surface area contributed by atoms with Crippen LogP contribution in [-0.4, -0.2) is 25.5 Å². The number of methoxy groups -OCH3 is 1. The maximum Gasteiger partial charge on any atom is 0.258 e. The summed E-state index contributed by atoms with van der Waals surface area (Å²) in [6.07, 6.45) is 2.95. The summed E-state index contributed by atoms with van der Waals surface area (Å²) < 4.78 is 6.25.